The van der Waals surface area contributed by atoms with Crippen LogP contribution in [0.4, 0.5) is 5.82 Å². The van der Waals surface area contributed by atoms with Gasteiger partial charge < -0.3 is 15.4 Å². The highest BCUT2D eigenvalue weighted by molar-refractivity contribution is 5.51. The van der Waals surface area contributed by atoms with E-state index in [4.69, 9.17) is 10.5 Å². The van der Waals surface area contributed by atoms with Crippen LogP contribution in [-0.4, -0.2) is 36.5 Å². The average Bonchev–Trinajstić information content (AvgIpc) is 2.53. The number of ether oxygens (including phenoxy) is 1. The van der Waals surface area contributed by atoms with Crippen LogP contribution in [-0.2, 0) is 24.1 Å². The second kappa shape index (κ2) is 7.18. The van der Waals surface area contributed by atoms with E-state index in [2.05, 4.69) is 35.9 Å². The van der Waals surface area contributed by atoms with Crippen LogP contribution in [0.15, 0.2) is 0 Å². The third-order valence-electron chi connectivity index (χ3n) is 4.63. The molecule has 1 saturated heterocycles. The number of anilines is 1. The molecule has 1 aromatic heterocycles. The summed E-state index contributed by atoms with van der Waals surface area (Å²) < 4.78 is 5.61. The van der Waals surface area contributed by atoms with Crippen molar-refractivity contribution in [3.05, 3.63) is 16.8 Å². The molecule has 1 aromatic rings. The molecule has 0 spiro atoms. The molecule has 0 aromatic carbocycles. The minimum absolute atomic E-state index is 0.252. The summed E-state index contributed by atoms with van der Waals surface area (Å²) >= 11 is 0. The molecule has 0 saturated carbocycles. The van der Waals surface area contributed by atoms with Crippen molar-refractivity contribution in [1.29, 1.82) is 0 Å². The highest BCUT2D eigenvalue weighted by atomic mass is 16.5. The zero-order valence-electron chi connectivity index (χ0n) is 13.7. The van der Waals surface area contributed by atoms with Crippen molar-refractivity contribution in [3.8, 4) is 0 Å². The molecule has 2 rings (SSSR count). The SMILES string of the molecule is CCc1nnc(N2CCC(C)C(OC)C2)c(CN)c1CC. The third-order valence-corrected chi connectivity index (χ3v) is 4.63. The predicted molar refractivity (Wildman–Crippen MR) is 85.5 cm³/mol. The third kappa shape index (κ3) is 3.19. The minimum atomic E-state index is 0.252. The number of methoxy groups -OCH3 is 1. The number of piperidine rings is 1. The lowest BCUT2D eigenvalue weighted by atomic mass is 9.95. The Kier molecular flexibility index (Phi) is 5.53. The molecule has 118 valence electrons. The first-order chi connectivity index (χ1) is 10.2. The topological polar surface area (TPSA) is 64.3 Å². The van der Waals surface area contributed by atoms with Gasteiger partial charge in [-0.2, -0.15) is 5.10 Å². The normalized spacial score (nSPS) is 22.6. The van der Waals surface area contributed by atoms with Crippen LogP contribution >= 0.6 is 0 Å². The molecule has 21 heavy (non-hydrogen) atoms. The first-order valence-electron chi connectivity index (χ1n) is 8.01. The van der Waals surface area contributed by atoms with Crippen molar-refractivity contribution < 1.29 is 4.74 Å². The van der Waals surface area contributed by atoms with Gasteiger partial charge in [0.15, 0.2) is 5.82 Å². The van der Waals surface area contributed by atoms with E-state index >= 15 is 0 Å². The van der Waals surface area contributed by atoms with Crippen LogP contribution in [0.25, 0.3) is 0 Å². The number of hydrogen-bond donors (Lipinski definition) is 1. The van der Waals surface area contributed by atoms with Gasteiger partial charge in [-0.25, -0.2) is 0 Å². The molecular formula is C16H28N4O. The highest BCUT2D eigenvalue weighted by Gasteiger charge is 2.29. The lowest BCUT2D eigenvalue weighted by Crippen LogP contribution is -2.45. The van der Waals surface area contributed by atoms with Gasteiger partial charge in [0.1, 0.15) is 0 Å². The van der Waals surface area contributed by atoms with Crippen molar-refractivity contribution in [2.45, 2.75) is 52.7 Å². The Morgan fingerprint density at radius 1 is 1.24 bits per heavy atom. The highest BCUT2D eigenvalue weighted by Crippen LogP contribution is 2.28. The Labute approximate surface area is 127 Å². The molecule has 1 fully saturated rings. The van der Waals surface area contributed by atoms with Gasteiger partial charge in [-0.1, -0.05) is 20.8 Å². The molecule has 2 atom stereocenters. The first-order valence-corrected chi connectivity index (χ1v) is 8.01. The van der Waals surface area contributed by atoms with E-state index in [1.807, 2.05) is 0 Å². The van der Waals surface area contributed by atoms with Crippen LogP contribution in [0.3, 0.4) is 0 Å². The molecule has 0 bridgehead atoms. The Balaban J connectivity index is 2.35. The summed E-state index contributed by atoms with van der Waals surface area (Å²) in [7, 11) is 1.79. The summed E-state index contributed by atoms with van der Waals surface area (Å²) in [6.45, 7) is 8.91. The minimum Gasteiger partial charge on any atom is -0.379 e. The number of nitrogens with two attached hydrogens (primary N) is 1. The zero-order chi connectivity index (χ0) is 15.4. The number of nitrogens with zero attached hydrogens (tertiary/aromatic N) is 3. The lowest BCUT2D eigenvalue weighted by molar-refractivity contribution is 0.0495. The Morgan fingerprint density at radius 2 is 2.00 bits per heavy atom. The summed E-state index contributed by atoms with van der Waals surface area (Å²) in [4.78, 5) is 2.29. The van der Waals surface area contributed by atoms with Crippen LogP contribution in [0, 0.1) is 5.92 Å². The van der Waals surface area contributed by atoms with E-state index in [9.17, 15) is 0 Å². The Bertz CT molecular complexity index is 478. The Hall–Kier alpha value is -1.20. The van der Waals surface area contributed by atoms with E-state index in [1.165, 1.54) is 5.56 Å². The van der Waals surface area contributed by atoms with Crippen molar-refractivity contribution in [2.24, 2.45) is 11.7 Å². The van der Waals surface area contributed by atoms with Crippen molar-refractivity contribution in [3.63, 3.8) is 0 Å². The maximum absolute atomic E-state index is 6.03. The standard InChI is InChI=1S/C16H28N4O/c1-5-12-13(9-17)16(19-18-14(12)6-2)20-8-7-11(3)15(10-20)21-4/h11,15H,5-10,17H2,1-4H3. The van der Waals surface area contributed by atoms with Crippen molar-refractivity contribution in [2.75, 3.05) is 25.1 Å². The van der Waals surface area contributed by atoms with Gasteiger partial charge in [0.25, 0.3) is 0 Å². The van der Waals surface area contributed by atoms with E-state index < -0.39 is 0 Å². The molecular weight excluding hydrogens is 264 g/mol. The summed E-state index contributed by atoms with van der Waals surface area (Å²) in [5, 5.41) is 8.92. The molecule has 5 heteroatoms. The number of aromatic nitrogens is 2. The molecule has 2 unspecified atom stereocenters. The molecule has 2 heterocycles. The van der Waals surface area contributed by atoms with E-state index in [1.54, 1.807) is 7.11 Å². The smallest absolute Gasteiger partial charge is 0.156 e. The van der Waals surface area contributed by atoms with E-state index in [0.29, 0.717) is 12.5 Å². The van der Waals surface area contributed by atoms with E-state index in [-0.39, 0.29) is 6.10 Å². The van der Waals surface area contributed by atoms with Gasteiger partial charge >= 0.3 is 0 Å². The summed E-state index contributed by atoms with van der Waals surface area (Å²) in [5.41, 5.74) is 9.54. The fraction of sp³-hybridized carbons (Fsp3) is 0.750. The fourth-order valence-electron chi connectivity index (χ4n) is 3.24. The summed E-state index contributed by atoms with van der Waals surface area (Å²) in [6, 6.07) is 0. The number of rotatable bonds is 5. The molecule has 5 nitrogen and oxygen atoms in total. The van der Waals surface area contributed by atoms with Crippen LogP contribution < -0.4 is 10.6 Å². The van der Waals surface area contributed by atoms with E-state index in [0.717, 1.165) is 49.4 Å². The molecule has 1 aliphatic rings. The average molecular weight is 292 g/mol. The predicted octanol–water partition coefficient (Wildman–Crippen LogP) is 1.92. The van der Waals surface area contributed by atoms with Crippen LogP contribution in [0.1, 0.15) is 44.0 Å². The maximum Gasteiger partial charge on any atom is 0.156 e. The molecule has 0 radical (unpaired) electrons. The van der Waals surface area contributed by atoms with Gasteiger partial charge in [-0.15, -0.1) is 5.10 Å². The molecule has 1 aliphatic heterocycles. The quantitative estimate of drug-likeness (QED) is 0.898. The summed E-state index contributed by atoms with van der Waals surface area (Å²) in [6.07, 6.45) is 3.22. The maximum atomic E-state index is 6.03. The van der Waals surface area contributed by atoms with Gasteiger partial charge in [0.2, 0.25) is 0 Å². The van der Waals surface area contributed by atoms with Crippen molar-refractivity contribution in [1.82, 2.24) is 10.2 Å². The van der Waals surface area contributed by atoms with Crippen molar-refractivity contribution >= 4 is 5.82 Å². The van der Waals surface area contributed by atoms with Gasteiger partial charge in [0.05, 0.1) is 11.8 Å². The second-order valence-electron chi connectivity index (χ2n) is 5.82. The molecule has 0 aliphatic carbocycles. The van der Waals surface area contributed by atoms with Gasteiger partial charge in [-0.3, -0.25) is 0 Å². The van der Waals surface area contributed by atoms with Gasteiger partial charge in [0, 0.05) is 32.3 Å². The first kappa shape index (κ1) is 16.2. The zero-order valence-corrected chi connectivity index (χ0v) is 13.7. The molecule has 2 N–H and O–H groups in total. The summed E-state index contributed by atoms with van der Waals surface area (Å²) in [5.74, 6) is 1.54. The largest absolute Gasteiger partial charge is 0.379 e. The van der Waals surface area contributed by atoms with Crippen LogP contribution in [0.2, 0.25) is 0 Å². The second-order valence-corrected chi connectivity index (χ2v) is 5.82. The Morgan fingerprint density at radius 3 is 2.57 bits per heavy atom. The molecule has 0 amide bonds. The number of aryl methyl sites for hydroxylation is 1. The monoisotopic (exact) mass is 292 g/mol. The van der Waals surface area contributed by atoms with Crippen LogP contribution in [0.5, 0.6) is 0 Å². The number of hydrogen-bond acceptors (Lipinski definition) is 5. The lowest BCUT2D eigenvalue weighted by Gasteiger charge is -2.37. The van der Waals surface area contributed by atoms with Gasteiger partial charge in [-0.05, 0) is 30.7 Å². The fourth-order valence-corrected chi connectivity index (χ4v) is 3.24.